The lowest BCUT2D eigenvalue weighted by Crippen LogP contribution is -2.22. The zero-order valence-corrected chi connectivity index (χ0v) is 9.59. The molecule has 3 N–H and O–H groups in total. The van der Waals surface area contributed by atoms with Gasteiger partial charge in [0.2, 0.25) is 0 Å². The van der Waals surface area contributed by atoms with E-state index >= 15 is 0 Å². The zero-order valence-electron chi connectivity index (χ0n) is 9.59. The van der Waals surface area contributed by atoms with Crippen molar-refractivity contribution in [1.82, 2.24) is 0 Å². The van der Waals surface area contributed by atoms with Crippen LogP contribution in [-0.2, 0) is 0 Å². The fourth-order valence-electron chi connectivity index (χ4n) is 2.43. The van der Waals surface area contributed by atoms with Gasteiger partial charge in [-0.25, -0.2) is 0 Å². The second-order valence-corrected chi connectivity index (χ2v) is 4.70. The van der Waals surface area contributed by atoms with E-state index in [1.807, 2.05) is 12.1 Å². The highest BCUT2D eigenvalue weighted by atomic mass is 14.9. The van der Waals surface area contributed by atoms with Gasteiger partial charge in [-0.05, 0) is 37.3 Å². The van der Waals surface area contributed by atoms with Crippen molar-refractivity contribution in [3.63, 3.8) is 0 Å². The first-order valence-corrected chi connectivity index (χ1v) is 5.80. The lowest BCUT2D eigenvalue weighted by Gasteiger charge is -2.21. The number of nitrogens with one attached hydrogen (secondary N) is 1. The molecular formula is C13H20N2. The summed E-state index contributed by atoms with van der Waals surface area (Å²) in [5.74, 6) is 0.768. The van der Waals surface area contributed by atoms with Crippen molar-refractivity contribution in [1.29, 1.82) is 0 Å². The molecule has 0 amide bonds. The number of hydrogen-bond acceptors (Lipinski definition) is 2. The van der Waals surface area contributed by atoms with Gasteiger partial charge in [0.25, 0.3) is 0 Å². The Bertz CT molecular complexity index is 326. The Hall–Kier alpha value is -1.18. The first kappa shape index (κ1) is 10.3. The molecule has 2 heteroatoms. The first-order chi connectivity index (χ1) is 7.18. The largest absolute Gasteiger partial charge is 0.397 e. The minimum Gasteiger partial charge on any atom is -0.397 e. The Morgan fingerprint density at radius 1 is 1.33 bits per heavy atom. The van der Waals surface area contributed by atoms with Crippen LogP contribution in [0.15, 0.2) is 18.2 Å². The SMILES string of the molecule is Cc1cccc(N)c1NC1CCCC1C. The number of rotatable bonds is 2. The maximum Gasteiger partial charge on any atom is 0.0605 e. The van der Waals surface area contributed by atoms with Crippen LogP contribution in [0.2, 0.25) is 0 Å². The van der Waals surface area contributed by atoms with E-state index in [0.717, 1.165) is 17.3 Å². The van der Waals surface area contributed by atoms with E-state index in [9.17, 15) is 0 Å². The van der Waals surface area contributed by atoms with E-state index in [-0.39, 0.29) is 0 Å². The molecule has 1 aromatic carbocycles. The quantitative estimate of drug-likeness (QED) is 0.726. The summed E-state index contributed by atoms with van der Waals surface area (Å²) in [6.07, 6.45) is 3.95. The molecule has 1 saturated carbocycles. The topological polar surface area (TPSA) is 38.0 Å². The minimum atomic E-state index is 0.605. The molecule has 0 heterocycles. The summed E-state index contributed by atoms with van der Waals surface area (Å²) in [5.41, 5.74) is 9.23. The van der Waals surface area contributed by atoms with Gasteiger partial charge in [0.15, 0.2) is 0 Å². The second-order valence-electron chi connectivity index (χ2n) is 4.70. The van der Waals surface area contributed by atoms with Crippen molar-refractivity contribution >= 4 is 11.4 Å². The molecule has 1 aliphatic rings. The molecule has 0 radical (unpaired) electrons. The Kier molecular flexibility index (Phi) is 2.85. The monoisotopic (exact) mass is 204 g/mol. The van der Waals surface area contributed by atoms with Crippen LogP contribution >= 0.6 is 0 Å². The lowest BCUT2D eigenvalue weighted by molar-refractivity contribution is 0.556. The third-order valence-corrected chi connectivity index (χ3v) is 3.50. The highest BCUT2D eigenvalue weighted by Crippen LogP contribution is 2.31. The average Bonchev–Trinajstić information content (AvgIpc) is 2.58. The molecule has 0 spiro atoms. The van der Waals surface area contributed by atoms with Crippen molar-refractivity contribution in [3.8, 4) is 0 Å². The number of para-hydroxylation sites is 1. The molecule has 15 heavy (non-hydrogen) atoms. The van der Waals surface area contributed by atoms with Gasteiger partial charge in [0.05, 0.1) is 11.4 Å². The fraction of sp³-hybridized carbons (Fsp3) is 0.538. The smallest absolute Gasteiger partial charge is 0.0605 e. The third-order valence-electron chi connectivity index (χ3n) is 3.50. The van der Waals surface area contributed by atoms with Crippen molar-refractivity contribution in [2.24, 2.45) is 5.92 Å². The van der Waals surface area contributed by atoms with Crippen molar-refractivity contribution < 1.29 is 0 Å². The molecule has 1 fully saturated rings. The molecule has 1 aromatic rings. The normalized spacial score (nSPS) is 25.5. The summed E-state index contributed by atoms with van der Waals surface area (Å²) < 4.78 is 0. The van der Waals surface area contributed by atoms with Crippen molar-refractivity contribution in [2.75, 3.05) is 11.1 Å². The van der Waals surface area contributed by atoms with E-state index in [0.29, 0.717) is 6.04 Å². The summed E-state index contributed by atoms with van der Waals surface area (Å²) in [4.78, 5) is 0. The van der Waals surface area contributed by atoms with Gasteiger partial charge in [-0.1, -0.05) is 25.5 Å². The number of nitrogens with two attached hydrogens (primary N) is 1. The van der Waals surface area contributed by atoms with Crippen LogP contribution in [-0.4, -0.2) is 6.04 Å². The second kappa shape index (κ2) is 4.13. The van der Waals surface area contributed by atoms with Crippen LogP contribution in [0.4, 0.5) is 11.4 Å². The number of nitrogen functional groups attached to an aromatic ring is 1. The Labute approximate surface area is 91.9 Å². The highest BCUT2D eigenvalue weighted by Gasteiger charge is 2.23. The summed E-state index contributed by atoms with van der Waals surface area (Å²) in [6, 6.07) is 6.69. The Morgan fingerprint density at radius 2 is 2.13 bits per heavy atom. The predicted molar refractivity (Wildman–Crippen MR) is 66.0 cm³/mol. The Balaban J connectivity index is 2.16. The van der Waals surface area contributed by atoms with Gasteiger partial charge in [-0.2, -0.15) is 0 Å². The fourth-order valence-corrected chi connectivity index (χ4v) is 2.43. The molecule has 2 unspecified atom stereocenters. The standard InChI is InChI=1S/C13H20N2/c1-9-5-4-8-12(9)15-13-10(2)6-3-7-11(13)14/h3,6-7,9,12,15H,4-5,8,14H2,1-2H3. The van der Waals surface area contributed by atoms with Crippen LogP contribution in [0, 0.1) is 12.8 Å². The third kappa shape index (κ3) is 2.09. The lowest BCUT2D eigenvalue weighted by atomic mass is 10.0. The van der Waals surface area contributed by atoms with Crippen LogP contribution < -0.4 is 11.1 Å². The number of benzene rings is 1. The summed E-state index contributed by atoms with van der Waals surface area (Å²) in [6.45, 7) is 4.43. The van der Waals surface area contributed by atoms with E-state index in [4.69, 9.17) is 5.73 Å². The summed E-state index contributed by atoms with van der Waals surface area (Å²) in [7, 11) is 0. The van der Waals surface area contributed by atoms with E-state index in [2.05, 4.69) is 25.2 Å². The predicted octanol–water partition coefficient (Wildman–Crippen LogP) is 3.18. The van der Waals surface area contributed by atoms with Crippen LogP contribution in [0.25, 0.3) is 0 Å². The molecule has 0 bridgehead atoms. The first-order valence-electron chi connectivity index (χ1n) is 5.80. The average molecular weight is 204 g/mol. The van der Waals surface area contributed by atoms with Gasteiger partial charge in [0.1, 0.15) is 0 Å². The number of aryl methyl sites for hydroxylation is 1. The molecule has 2 nitrogen and oxygen atoms in total. The van der Waals surface area contributed by atoms with E-state index in [1.165, 1.54) is 24.8 Å². The molecule has 1 aliphatic carbocycles. The zero-order chi connectivity index (χ0) is 10.8. The van der Waals surface area contributed by atoms with Crippen LogP contribution in [0.1, 0.15) is 31.7 Å². The van der Waals surface area contributed by atoms with Crippen molar-refractivity contribution in [3.05, 3.63) is 23.8 Å². The highest BCUT2D eigenvalue weighted by molar-refractivity contribution is 5.70. The Morgan fingerprint density at radius 3 is 2.73 bits per heavy atom. The molecule has 2 atom stereocenters. The molecule has 0 aliphatic heterocycles. The maximum atomic E-state index is 5.98. The van der Waals surface area contributed by atoms with E-state index in [1.54, 1.807) is 0 Å². The number of anilines is 2. The van der Waals surface area contributed by atoms with Gasteiger partial charge in [-0.15, -0.1) is 0 Å². The van der Waals surface area contributed by atoms with Gasteiger partial charge in [0, 0.05) is 6.04 Å². The minimum absolute atomic E-state index is 0.605. The van der Waals surface area contributed by atoms with Gasteiger partial charge in [-0.3, -0.25) is 0 Å². The summed E-state index contributed by atoms with van der Waals surface area (Å²) >= 11 is 0. The molecular weight excluding hydrogens is 184 g/mol. The molecule has 2 rings (SSSR count). The van der Waals surface area contributed by atoms with Crippen molar-refractivity contribution in [2.45, 2.75) is 39.2 Å². The molecule has 0 saturated heterocycles. The maximum absolute atomic E-state index is 5.98. The summed E-state index contributed by atoms with van der Waals surface area (Å²) in [5, 5.41) is 3.60. The van der Waals surface area contributed by atoms with Crippen LogP contribution in [0.3, 0.4) is 0 Å². The van der Waals surface area contributed by atoms with Gasteiger partial charge < -0.3 is 11.1 Å². The van der Waals surface area contributed by atoms with E-state index < -0.39 is 0 Å². The van der Waals surface area contributed by atoms with Gasteiger partial charge >= 0.3 is 0 Å². The number of hydrogen-bond donors (Lipinski definition) is 2. The van der Waals surface area contributed by atoms with Crippen LogP contribution in [0.5, 0.6) is 0 Å². The molecule has 0 aromatic heterocycles. The molecule has 82 valence electrons.